The van der Waals surface area contributed by atoms with E-state index in [4.69, 9.17) is 9.47 Å². The van der Waals surface area contributed by atoms with Gasteiger partial charge >= 0.3 is 0 Å². The van der Waals surface area contributed by atoms with E-state index >= 15 is 0 Å². The van der Waals surface area contributed by atoms with Gasteiger partial charge in [0.1, 0.15) is 6.61 Å². The highest BCUT2D eigenvalue weighted by Gasteiger charge is 2.12. The van der Waals surface area contributed by atoms with Gasteiger partial charge in [-0.1, -0.05) is 56.0 Å². The molecule has 0 unspecified atom stereocenters. The molecule has 0 saturated heterocycles. The molecule has 2 aromatic rings. The third-order valence-corrected chi connectivity index (χ3v) is 4.92. The smallest absolute Gasteiger partial charge is 0.175 e. The summed E-state index contributed by atoms with van der Waals surface area (Å²) < 4.78 is 12.5. The number of hydrogen-bond donors (Lipinski definition) is 1. The summed E-state index contributed by atoms with van der Waals surface area (Å²) in [6.07, 6.45) is 5.11. The van der Waals surface area contributed by atoms with Crippen molar-refractivity contribution in [1.29, 1.82) is 0 Å². The summed E-state index contributed by atoms with van der Waals surface area (Å²) in [6.45, 7) is 6.72. The first-order valence-corrected chi connectivity index (χ1v) is 10.2. The number of rotatable bonds is 11. The van der Waals surface area contributed by atoms with E-state index in [0.29, 0.717) is 6.61 Å². The molecular formula is C22H31BrClNO2. The van der Waals surface area contributed by atoms with Crippen LogP contribution in [0.15, 0.2) is 40.9 Å². The molecule has 0 amide bonds. The molecule has 2 rings (SSSR count). The molecule has 0 aliphatic rings. The normalized spacial score (nSPS) is 10.4. The molecule has 0 saturated carbocycles. The van der Waals surface area contributed by atoms with Gasteiger partial charge in [-0.15, -0.1) is 12.4 Å². The zero-order valence-corrected chi connectivity index (χ0v) is 18.9. The van der Waals surface area contributed by atoms with Crippen LogP contribution in [0, 0.1) is 6.92 Å². The number of ether oxygens (including phenoxy) is 2. The van der Waals surface area contributed by atoms with Gasteiger partial charge in [-0.05, 0) is 59.1 Å². The Hall–Kier alpha value is -1.23. The molecule has 0 aliphatic heterocycles. The fourth-order valence-corrected chi connectivity index (χ4v) is 3.37. The van der Waals surface area contributed by atoms with E-state index in [9.17, 15) is 0 Å². The zero-order chi connectivity index (χ0) is 18.8. The van der Waals surface area contributed by atoms with Gasteiger partial charge < -0.3 is 14.8 Å². The van der Waals surface area contributed by atoms with Crippen LogP contribution in [-0.2, 0) is 13.2 Å². The second-order valence-electron chi connectivity index (χ2n) is 6.62. The van der Waals surface area contributed by atoms with E-state index in [1.807, 2.05) is 6.07 Å². The number of methoxy groups -OCH3 is 1. The standard InChI is InChI=1S/C22H30BrNO2.ClH/c1-4-5-6-7-12-24-15-19-13-20(23)22(21(14-19)25-3)26-16-18-10-8-17(2)9-11-18;/h8-11,13-14,24H,4-7,12,15-16H2,1-3H3;1H. The van der Waals surface area contributed by atoms with E-state index in [1.165, 1.54) is 36.8 Å². The molecule has 5 heteroatoms. The van der Waals surface area contributed by atoms with Gasteiger partial charge in [0, 0.05) is 6.54 Å². The maximum absolute atomic E-state index is 6.02. The average molecular weight is 457 g/mol. The van der Waals surface area contributed by atoms with E-state index < -0.39 is 0 Å². The maximum Gasteiger partial charge on any atom is 0.175 e. The van der Waals surface area contributed by atoms with Crippen LogP contribution in [-0.4, -0.2) is 13.7 Å². The second-order valence-corrected chi connectivity index (χ2v) is 7.48. The number of nitrogens with one attached hydrogen (secondary N) is 1. The average Bonchev–Trinajstić information content (AvgIpc) is 2.64. The lowest BCUT2D eigenvalue weighted by Gasteiger charge is -2.15. The van der Waals surface area contributed by atoms with Crippen molar-refractivity contribution >= 4 is 28.3 Å². The van der Waals surface area contributed by atoms with Gasteiger partial charge in [-0.25, -0.2) is 0 Å². The predicted octanol–water partition coefficient (Wildman–Crippen LogP) is 6.44. The minimum atomic E-state index is 0. The number of hydrogen-bond acceptors (Lipinski definition) is 3. The van der Waals surface area contributed by atoms with Gasteiger partial charge in [0.25, 0.3) is 0 Å². The zero-order valence-electron chi connectivity index (χ0n) is 16.5. The summed E-state index contributed by atoms with van der Waals surface area (Å²) in [5.41, 5.74) is 3.58. The summed E-state index contributed by atoms with van der Waals surface area (Å²) in [4.78, 5) is 0. The van der Waals surface area contributed by atoms with Gasteiger partial charge in [-0.2, -0.15) is 0 Å². The SMILES string of the molecule is CCCCCCNCc1cc(Br)c(OCc2ccc(C)cc2)c(OC)c1.Cl. The Morgan fingerprint density at radius 2 is 1.74 bits per heavy atom. The van der Waals surface area contributed by atoms with Crippen LogP contribution >= 0.6 is 28.3 Å². The Labute approximate surface area is 178 Å². The van der Waals surface area contributed by atoms with Crippen LogP contribution < -0.4 is 14.8 Å². The molecule has 0 fully saturated rings. The van der Waals surface area contributed by atoms with E-state index in [-0.39, 0.29) is 12.4 Å². The third kappa shape index (κ3) is 8.12. The summed E-state index contributed by atoms with van der Waals surface area (Å²) in [7, 11) is 1.68. The molecule has 0 spiro atoms. The molecular weight excluding hydrogens is 426 g/mol. The number of benzene rings is 2. The molecule has 0 radical (unpaired) electrons. The Kier molecular flexibility index (Phi) is 11.5. The van der Waals surface area contributed by atoms with Crippen LogP contribution in [0.3, 0.4) is 0 Å². The van der Waals surface area contributed by atoms with Crippen molar-refractivity contribution in [2.24, 2.45) is 0 Å². The van der Waals surface area contributed by atoms with Crippen LogP contribution in [0.4, 0.5) is 0 Å². The maximum atomic E-state index is 6.02. The third-order valence-electron chi connectivity index (χ3n) is 4.33. The molecule has 3 nitrogen and oxygen atoms in total. The minimum Gasteiger partial charge on any atom is -0.493 e. The fourth-order valence-electron chi connectivity index (χ4n) is 2.76. The highest BCUT2D eigenvalue weighted by molar-refractivity contribution is 9.10. The first-order chi connectivity index (χ1) is 12.6. The monoisotopic (exact) mass is 455 g/mol. The van der Waals surface area contributed by atoms with Gasteiger partial charge in [0.05, 0.1) is 11.6 Å². The molecule has 0 aliphatic carbocycles. The van der Waals surface area contributed by atoms with E-state index in [0.717, 1.165) is 34.6 Å². The molecule has 27 heavy (non-hydrogen) atoms. The fraction of sp³-hybridized carbons (Fsp3) is 0.455. The molecule has 0 bridgehead atoms. The van der Waals surface area contributed by atoms with Gasteiger partial charge in [0.2, 0.25) is 0 Å². The van der Waals surface area contributed by atoms with Crippen molar-refractivity contribution in [3.05, 3.63) is 57.6 Å². The minimum absolute atomic E-state index is 0. The predicted molar refractivity (Wildman–Crippen MR) is 119 cm³/mol. The summed E-state index contributed by atoms with van der Waals surface area (Å²) in [5, 5.41) is 3.50. The first-order valence-electron chi connectivity index (χ1n) is 9.39. The number of unbranched alkanes of at least 4 members (excludes halogenated alkanes) is 3. The molecule has 0 aromatic heterocycles. The van der Waals surface area contributed by atoms with Crippen LogP contribution in [0.1, 0.15) is 49.3 Å². The number of halogens is 2. The highest BCUT2D eigenvalue weighted by atomic mass is 79.9. The van der Waals surface area contributed by atoms with Crippen LogP contribution in [0.25, 0.3) is 0 Å². The summed E-state index contributed by atoms with van der Waals surface area (Å²) >= 11 is 3.63. The van der Waals surface area contributed by atoms with Crippen LogP contribution in [0.2, 0.25) is 0 Å². The van der Waals surface area contributed by atoms with Crippen molar-refractivity contribution in [1.82, 2.24) is 5.32 Å². The lowest BCUT2D eigenvalue weighted by atomic mass is 10.1. The summed E-state index contributed by atoms with van der Waals surface area (Å²) in [5.74, 6) is 1.51. The molecule has 1 N–H and O–H groups in total. The van der Waals surface area contributed by atoms with Crippen molar-refractivity contribution in [2.45, 2.75) is 52.7 Å². The largest absolute Gasteiger partial charge is 0.493 e. The van der Waals surface area contributed by atoms with Crippen molar-refractivity contribution in [3.63, 3.8) is 0 Å². The molecule has 0 heterocycles. The number of aryl methyl sites for hydroxylation is 1. The van der Waals surface area contributed by atoms with Crippen LogP contribution in [0.5, 0.6) is 11.5 Å². The Balaban J connectivity index is 0.00000364. The van der Waals surface area contributed by atoms with Gasteiger partial charge in [0.15, 0.2) is 11.5 Å². The second kappa shape index (κ2) is 13.0. The Morgan fingerprint density at radius 1 is 1.00 bits per heavy atom. The van der Waals surface area contributed by atoms with Crippen molar-refractivity contribution in [3.8, 4) is 11.5 Å². The van der Waals surface area contributed by atoms with Gasteiger partial charge in [-0.3, -0.25) is 0 Å². The lowest BCUT2D eigenvalue weighted by Crippen LogP contribution is -2.14. The van der Waals surface area contributed by atoms with Crippen molar-refractivity contribution < 1.29 is 9.47 Å². The van der Waals surface area contributed by atoms with E-state index in [1.54, 1.807) is 7.11 Å². The molecule has 2 aromatic carbocycles. The highest BCUT2D eigenvalue weighted by Crippen LogP contribution is 2.37. The Bertz CT molecular complexity index is 677. The quantitative estimate of drug-likeness (QED) is 0.395. The lowest BCUT2D eigenvalue weighted by molar-refractivity contribution is 0.282. The topological polar surface area (TPSA) is 30.5 Å². The summed E-state index contributed by atoms with van der Waals surface area (Å²) in [6, 6.07) is 12.5. The van der Waals surface area contributed by atoms with E-state index in [2.05, 4.69) is 65.4 Å². The van der Waals surface area contributed by atoms with Crippen molar-refractivity contribution in [2.75, 3.05) is 13.7 Å². The molecule has 0 atom stereocenters. The Morgan fingerprint density at radius 3 is 2.41 bits per heavy atom. The first kappa shape index (κ1) is 23.8. The molecule has 150 valence electrons.